The van der Waals surface area contributed by atoms with Crippen LogP contribution >= 0.6 is 15.9 Å². The number of aliphatic hydroxyl groups is 1. The molecule has 0 unspecified atom stereocenters. The van der Waals surface area contributed by atoms with E-state index in [1.54, 1.807) is 6.92 Å². The van der Waals surface area contributed by atoms with Crippen LogP contribution in [-0.4, -0.2) is 11.7 Å². The van der Waals surface area contributed by atoms with Crippen molar-refractivity contribution < 1.29 is 5.11 Å². The molecule has 0 saturated carbocycles. The molecule has 0 spiro atoms. The molecule has 0 aliphatic rings. The molecular formula is C9H12BrNO. The maximum Gasteiger partial charge on any atom is 0.0650 e. The highest BCUT2D eigenvalue weighted by molar-refractivity contribution is 9.10. The second kappa shape index (κ2) is 3.56. The monoisotopic (exact) mass is 229 g/mol. The first-order valence-corrected chi connectivity index (χ1v) is 4.51. The summed E-state index contributed by atoms with van der Waals surface area (Å²) in [5.74, 6) is 0. The van der Waals surface area contributed by atoms with E-state index >= 15 is 0 Å². The van der Waals surface area contributed by atoms with E-state index in [0.717, 1.165) is 10.0 Å². The second-order valence-corrected chi connectivity index (χ2v) is 4.00. The number of aliphatic hydroxyl groups excluding tert-OH is 1. The molecule has 3 N–H and O–H groups in total. The molecule has 0 aliphatic carbocycles. The lowest BCUT2D eigenvalue weighted by molar-refractivity contribution is 0.210. The largest absolute Gasteiger partial charge is 0.394 e. The van der Waals surface area contributed by atoms with Crippen molar-refractivity contribution in [2.24, 2.45) is 5.73 Å². The van der Waals surface area contributed by atoms with Gasteiger partial charge in [-0.2, -0.15) is 0 Å². The van der Waals surface area contributed by atoms with Gasteiger partial charge in [-0.1, -0.05) is 28.1 Å². The molecule has 0 saturated heterocycles. The lowest BCUT2D eigenvalue weighted by atomic mass is 9.95. The molecule has 1 aromatic rings. The molecule has 1 rings (SSSR count). The van der Waals surface area contributed by atoms with E-state index in [1.807, 2.05) is 24.3 Å². The molecule has 66 valence electrons. The van der Waals surface area contributed by atoms with Crippen LogP contribution in [0, 0.1) is 0 Å². The highest BCUT2D eigenvalue weighted by Gasteiger charge is 2.19. The lowest BCUT2D eigenvalue weighted by Crippen LogP contribution is -2.36. The van der Waals surface area contributed by atoms with E-state index in [0.29, 0.717) is 0 Å². The fourth-order valence-electron chi connectivity index (χ4n) is 0.935. The molecule has 0 amide bonds. The van der Waals surface area contributed by atoms with Crippen LogP contribution in [0.3, 0.4) is 0 Å². The van der Waals surface area contributed by atoms with Gasteiger partial charge in [0.1, 0.15) is 0 Å². The molecule has 0 fully saturated rings. The van der Waals surface area contributed by atoms with Crippen molar-refractivity contribution in [2.75, 3.05) is 6.61 Å². The zero-order valence-electron chi connectivity index (χ0n) is 6.92. The molecule has 0 aliphatic heterocycles. The zero-order chi connectivity index (χ0) is 9.19. The predicted octanol–water partition coefficient (Wildman–Crippen LogP) is 1.62. The molecule has 0 bridgehead atoms. The van der Waals surface area contributed by atoms with Gasteiger partial charge in [-0.05, 0) is 24.6 Å². The second-order valence-electron chi connectivity index (χ2n) is 3.09. The van der Waals surface area contributed by atoms with Crippen molar-refractivity contribution in [3.8, 4) is 0 Å². The number of hydrogen-bond acceptors (Lipinski definition) is 2. The van der Waals surface area contributed by atoms with Crippen LogP contribution in [0.4, 0.5) is 0 Å². The first-order chi connectivity index (χ1) is 5.56. The summed E-state index contributed by atoms with van der Waals surface area (Å²) in [5.41, 5.74) is 6.12. The standard InChI is InChI=1S/C9H12BrNO/c1-9(11,6-12)7-3-2-4-8(10)5-7/h2-5,12H,6,11H2,1H3/t9-/m0/s1. The van der Waals surface area contributed by atoms with Crippen LogP contribution in [0.15, 0.2) is 28.7 Å². The third-order valence-corrected chi connectivity index (χ3v) is 2.31. The van der Waals surface area contributed by atoms with Gasteiger partial charge in [0.15, 0.2) is 0 Å². The summed E-state index contributed by atoms with van der Waals surface area (Å²) < 4.78 is 0.977. The first-order valence-electron chi connectivity index (χ1n) is 3.72. The molecule has 12 heavy (non-hydrogen) atoms. The van der Waals surface area contributed by atoms with Crippen LogP contribution in [0.1, 0.15) is 12.5 Å². The van der Waals surface area contributed by atoms with Crippen LogP contribution in [0.5, 0.6) is 0 Å². The van der Waals surface area contributed by atoms with Crippen LogP contribution in [0.2, 0.25) is 0 Å². The van der Waals surface area contributed by atoms with Crippen LogP contribution in [0.25, 0.3) is 0 Å². The van der Waals surface area contributed by atoms with Crippen molar-refractivity contribution in [1.82, 2.24) is 0 Å². The Morgan fingerprint density at radius 1 is 1.58 bits per heavy atom. The number of rotatable bonds is 2. The summed E-state index contributed by atoms with van der Waals surface area (Å²) in [5, 5.41) is 9.00. The highest BCUT2D eigenvalue weighted by Crippen LogP contribution is 2.20. The summed E-state index contributed by atoms with van der Waals surface area (Å²) in [6.45, 7) is 1.75. The smallest absolute Gasteiger partial charge is 0.0650 e. The Bertz CT molecular complexity index is 273. The van der Waals surface area contributed by atoms with E-state index in [1.165, 1.54) is 0 Å². The van der Waals surface area contributed by atoms with E-state index in [2.05, 4.69) is 15.9 Å². The van der Waals surface area contributed by atoms with Gasteiger partial charge < -0.3 is 10.8 Å². The summed E-state index contributed by atoms with van der Waals surface area (Å²) >= 11 is 3.35. The minimum atomic E-state index is -0.649. The van der Waals surface area contributed by atoms with Crippen LogP contribution < -0.4 is 5.73 Å². The number of hydrogen-bond donors (Lipinski definition) is 2. The van der Waals surface area contributed by atoms with E-state index in [4.69, 9.17) is 10.8 Å². The lowest BCUT2D eigenvalue weighted by Gasteiger charge is -2.22. The van der Waals surface area contributed by atoms with Crippen molar-refractivity contribution in [1.29, 1.82) is 0 Å². The number of benzene rings is 1. The fourth-order valence-corrected chi connectivity index (χ4v) is 1.33. The first kappa shape index (κ1) is 9.71. The van der Waals surface area contributed by atoms with Crippen molar-refractivity contribution in [3.05, 3.63) is 34.3 Å². The molecule has 1 atom stereocenters. The summed E-state index contributed by atoms with van der Waals surface area (Å²) in [4.78, 5) is 0. The normalized spacial score (nSPS) is 15.7. The Morgan fingerprint density at radius 3 is 2.75 bits per heavy atom. The Hall–Kier alpha value is -0.380. The van der Waals surface area contributed by atoms with Gasteiger partial charge in [-0.3, -0.25) is 0 Å². The van der Waals surface area contributed by atoms with Gasteiger partial charge in [-0.25, -0.2) is 0 Å². The molecule has 3 heteroatoms. The molecule has 2 nitrogen and oxygen atoms in total. The zero-order valence-corrected chi connectivity index (χ0v) is 8.51. The summed E-state index contributed by atoms with van der Waals surface area (Å²) in [6, 6.07) is 7.65. The Labute approximate surface area is 80.5 Å². The minimum absolute atomic E-state index is 0.0521. The topological polar surface area (TPSA) is 46.2 Å². The average Bonchev–Trinajstić information content (AvgIpc) is 2.05. The quantitative estimate of drug-likeness (QED) is 0.810. The predicted molar refractivity (Wildman–Crippen MR) is 52.8 cm³/mol. The SMILES string of the molecule is C[C@](N)(CO)c1cccc(Br)c1. The van der Waals surface area contributed by atoms with Gasteiger partial charge in [-0.15, -0.1) is 0 Å². The van der Waals surface area contributed by atoms with E-state index in [-0.39, 0.29) is 6.61 Å². The van der Waals surface area contributed by atoms with Crippen molar-refractivity contribution in [3.63, 3.8) is 0 Å². The van der Waals surface area contributed by atoms with Gasteiger partial charge >= 0.3 is 0 Å². The fraction of sp³-hybridized carbons (Fsp3) is 0.333. The molecule has 0 radical (unpaired) electrons. The molecule has 0 aromatic heterocycles. The van der Waals surface area contributed by atoms with Crippen molar-refractivity contribution >= 4 is 15.9 Å². The Kier molecular flexibility index (Phi) is 2.88. The van der Waals surface area contributed by atoms with Gasteiger partial charge in [0.2, 0.25) is 0 Å². The average molecular weight is 230 g/mol. The summed E-state index contributed by atoms with van der Waals surface area (Å²) in [6.07, 6.45) is 0. The Morgan fingerprint density at radius 2 is 2.25 bits per heavy atom. The third kappa shape index (κ3) is 2.06. The number of nitrogens with two attached hydrogens (primary N) is 1. The van der Waals surface area contributed by atoms with E-state index < -0.39 is 5.54 Å². The molecular weight excluding hydrogens is 218 g/mol. The highest BCUT2D eigenvalue weighted by atomic mass is 79.9. The van der Waals surface area contributed by atoms with Gasteiger partial charge in [0.25, 0.3) is 0 Å². The number of halogens is 1. The van der Waals surface area contributed by atoms with Gasteiger partial charge in [0, 0.05) is 4.47 Å². The van der Waals surface area contributed by atoms with Gasteiger partial charge in [0.05, 0.1) is 12.1 Å². The van der Waals surface area contributed by atoms with Crippen molar-refractivity contribution in [2.45, 2.75) is 12.5 Å². The maximum absolute atomic E-state index is 9.00. The minimum Gasteiger partial charge on any atom is -0.394 e. The third-order valence-electron chi connectivity index (χ3n) is 1.81. The molecule has 1 aromatic carbocycles. The Balaban J connectivity index is 3.03. The summed E-state index contributed by atoms with van der Waals surface area (Å²) in [7, 11) is 0. The molecule has 0 heterocycles. The van der Waals surface area contributed by atoms with E-state index in [9.17, 15) is 0 Å². The van der Waals surface area contributed by atoms with Crippen LogP contribution in [-0.2, 0) is 5.54 Å². The maximum atomic E-state index is 9.00.